The van der Waals surface area contributed by atoms with E-state index in [1.165, 1.54) is 32.2 Å². The molecule has 256 valence electrons. The van der Waals surface area contributed by atoms with E-state index in [9.17, 15) is 55.9 Å². The quantitative estimate of drug-likeness (QED) is 0.101. The predicted molar refractivity (Wildman–Crippen MR) is 146 cm³/mol. The van der Waals surface area contributed by atoms with Crippen LogP contribution in [0.25, 0.3) is 0 Å². The lowest BCUT2D eigenvalue weighted by molar-refractivity contribution is -0.370. The van der Waals surface area contributed by atoms with Crippen molar-refractivity contribution in [2.75, 3.05) is 26.9 Å². The molecule has 0 unspecified atom stereocenters. The molecule has 2 heterocycles. The highest BCUT2D eigenvalue weighted by Crippen LogP contribution is 2.37. The summed E-state index contributed by atoms with van der Waals surface area (Å²) in [4.78, 5) is 11.8. The minimum absolute atomic E-state index is 0.0504. The fourth-order valence-electron chi connectivity index (χ4n) is 5.68. The Morgan fingerprint density at radius 3 is 1.87 bits per heavy atom. The molecule has 2 saturated heterocycles. The summed E-state index contributed by atoms with van der Waals surface area (Å²) in [6.07, 6.45) is -23.1. The molecule has 17 nitrogen and oxygen atoms in total. The molecule has 3 fully saturated rings. The third-order valence-corrected chi connectivity index (χ3v) is 8.41. The molecule has 15 atom stereocenters. The van der Waals surface area contributed by atoms with Gasteiger partial charge in [-0.05, 0) is 31.5 Å². The second kappa shape index (κ2) is 15.2. The lowest BCUT2D eigenvalue weighted by Crippen LogP contribution is -2.66. The van der Waals surface area contributed by atoms with Gasteiger partial charge in [-0.1, -0.05) is 0 Å². The van der Waals surface area contributed by atoms with E-state index in [-0.39, 0.29) is 23.7 Å². The van der Waals surface area contributed by atoms with Crippen molar-refractivity contribution in [3.8, 4) is 11.5 Å². The Labute approximate surface area is 257 Å². The van der Waals surface area contributed by atoms with Gasteiger partial charge in [0.2, 0.25) is 0 Å². The molecule has 1 aliphatic carbocycles. The number of hydrogen-bond donors (Lipinski definition) is 10. The number of hydrogen-bond acceptors (Lipinski definition) is 17. The summed E-state index contributed by atoms with van der Waals surface area (Å²) < 4.78 is 33.5. The molecular formula is C28H42O17. The van der Waals surface area contributed by atoms with Crippen LogP contribution in [-0.4, -0.2) is 170 Å². The van der Waals surface area contributed by atoms with Crippen LogP contribution in [0.4, 0.5) is 0 Å². The Morgan fingerprint density at radius 1 is 0.733 bits per heavy atom. The first-order valence-corrected chi connectivity index (χ1v) is 14.4. The minimum Gasteiger partial charge on any atom is -0.493 e. The summed E-state index contributed by atoms with van der Waals surface area (Å²) in [5.41, 5.74) is 0.345. The molecule has 2 aliphatic heterocycles. The lowest BCUT2D eigenvalue weighted by atomic mass is 9.81. The zero-order valence-electron chi connectivity index (χ0n) is 24.6. The van der Waals surface area contributed by atoms with Gasteiger partial charge in [0, 0.05) is 18.1 Å². The van der Waals surface area contributed by atoms with Gasteiger partial charge in [0.25, 0.3) is 0 Å². The molecule has 3 aliphatic rings. The van der Waals surface area contributed by atoms with Crippen LogP contribution in [0.1, 0.15) is 23.7 Å². The lowest BCUT2D eigenvalue weighted by Gasteiger charge is -2.48. The van der Waals surface area contributed by atoms with Crippen molar-refractivity contribution in [3.05, 3.63) is 23.8 Å². The van der Waals surface area contributed by atoms with E-state index in [1.54, 1.807) is 0 Å². The average Bonchev–Trinajstić information content (AvgIpc) is 3.03. The maximum atomic E-state index is 11.8. The van der Waals surface area contributed by atoms with Crippen LogP contribution in [0, 0.1) is 5.92 Å². The van der Waals surface area contributed by atoms with Crippen molar-refractivity contribution >= 4 is 5.78 Å². The van der Waals surface area contributed by atoms with Crippen molar-refractivity contribution < 1.29 is 84.3 Å². The summed E-state index contributed by atoms with van der Waals surface area (Å²) in [6, 6.07) is 4.39. The van der Waals surface area contributed by atoms with Gasteiger partial charge in [-0.2, -0.15) is 0 Å². The second-order valence-electron chi connectivity index (χ2n) is 11.3. The minimum atomic E-state index is -1.93. The van der Waals surface area contributed by atoms with E-state index < -0.39 is 112 Å². The highest BCUT2D eigenvalue weighted by molar-refractivity contribution is 5.94. The van der Waals surface area contributed by atoms with E-state index in [4.69, 9.17) is 28.4 Å². The van der Waals surface area contributed by atoms with Gasteiger partial charge in [-0.25, -0.2) is 0 Å². The van der Waals surface area contributed by atoms with Crippen molar-refractivity contribution in [3.63, 3.8) is 0 Å². The van der Waals surface area contributed by atoms with Crippen molar-refractivity contribution in [2.24, 2.45) is 5.92 Å². The Morgan fingerprint density at radius 2 is 1.31 bits per heavy atom. The third-order valence-electron chi connectivity index (χ3n) is 8.41. The van der Waals surface area contributed by atoms with Crippen LogP contribution in [0.15, 0.2) is 18.2 Å². The Balaban J connectivity index is 1.55. The molecule has 10 N–H and O–H groups in total. The number of ether oxygens (including phenoxy) is 6. The van der Waals surface area contributed by atoms with E-state index in [2.05, 4.69) is 0 Å². The Bertz CT molecular complexity index is 1120. The third kappa shape index (κ3) is 7.42. The van der Waals surface area contributed by atoms with Crippen LogP contribution in [-0.2, 0) is 18.9 Å². The molecule has 45 heavy (non-hydrogen) atoms. The molecule has 1 aromatic rings. The van der Waals surface area contributed by atoms with E-state index in [0.29, 0.717) is 5.56 Å². The van der Waals surface area contributed by atoms with Gasteiger partial charge in [0.1, 0.15) is 67.1 Å². The summed E-state index contributed by atoms with van der Waals surface area (Å²) in [5, 5.41) is 104. The van der Waals surface area contributed by atoms with E-state index in [0.717, 1.165) is 0 Å². The molecule has 1 aromatic carbocycles. The fourth-order valence-corrected chi connectivity index (χ4v) is 5.68. The second-order valence-corrected chi connectivity index (χ2v) is 11.3. The van der Waals surface area contributed by atoms with Crippen LogP contribution in [0.5, 0.6) is 11.5 Å². The fraction of sp³-hybridized carbons (Fsp3) is 0.750. The normalized spacial score (nSPS) is 42.3. The predicted octanol–water partition coefficient (Wildman–Crippen LogP) is -4.61. The van der Waals surface area contributed by atoms with E-state index >= 15 is 0 Å². The first-order valence-electron chi connectivity index (χ1n) is 14.4. The average molecular weight is 651 g/mol. The Hall–Kier alpha value is -2.07. The smallest absolute Gasteiger partial charge is 0.187 e. The first-order chi connectivity index (χ1) is 21.4. The van der Waals surface area contributed by atoms with Gasteiger partial charge >= 0.3 is 0 Å². The van der Waals surface area contributed by atoms with Crippen molar-refractivity contribution in [2.45, 2.75) is 99.2 Å². The van der Waals surface area contributed by atoms with Crippen LogP contribution in [0.2, 0.25) is 0 Å². The number of benzene rings is 1. The first kappa shape index (κ1) is 35.8. The maximum Gasteiger partial charge on any atom is 0.187 e. The summed E-state index contributed by atoms with van der Waals surface area (Å²) in [5.74, 6) is -0.797. The molecule has 0 radical (unpaired) electrons. The monoisotopic (exact) mass is 650 g/mol. The van der Waals surface area contributed by atoms with Crippen molar-refractivity contribution in [1.29, 1.82) is 0 Å². The van der Waals surface area contributed by atoms with Crippen LogP contribution < -0.4 is 9.47 Å². The Kier molecular flexibility index (Phi) is 12.1. The molecule has 0 bridgehead atoms. The number of ketones is 1. The largest absolute Gasteiger partial charge is 0.493 e. The molecule has 17 heteroatoms. The summed E-state index contributed by atoms with van der Waals surface area (Å²) in [6.45, 7) is -0.771. The molecule has 0 spiro atoms. The molecule has 4 rings (SSSR count). The van der Waals surface area contributed by atoms with Gasteiger partial charge < -0.3 is 79.5 Å². The number of rotatable bonds is 11. The zero-order valence-corrected chi connectivity index (χ0v) is 24.6. The molecular weight excluding hydrogens is 608 g/mol. The van der Waals surface area contributed by atoms with Crippen LogP contribution >= 0.6 is 0 Å². The number of aliphatic hydroxyl groups is 10. The van der Waals surface area contributed by atoms with Gasteiger partial charge in [-0.15, -0.1) is 0 Å². The SMILES string of the molecule is COc1cc(C(C)=O)ccc1O[C@@H]1C[C@H](CO)[C@@H](O)[C@H](O[C@@H]2O[C@H](CO)[C@@H](O)[C@H](O[C@@H]3O[C@H](CO)[C@@H](O)[C@H](O)[C@H]3O)[C@H]2O)[C@H]1O. The van der Waals surface area contributed by atoms with Gasteiger partial charge in [0.15, 0.2) is 29.9 Å². The highest BCUT2D eigenvalue weighted by Gasteiger charge is 2.53. The summed E-state index contributed by atoms with van der Waals surface area (Å²) >= 11 is 0. The topological polar surface area (TPSA) is 275 Å². The van der Waals surface area contributed by atoms with Gasteiger partial charge in [0.05, 0.1) is 26.4 Å². The number of aliphatic hydroxyl groups excluding tert-OH is 10. The standard InChI is InChI=1S/C28H42O17/c1-10(32)11-3-4-13(14(5-11)40-2)41-15-6-12(7-29)18(33)25(20(15)35)44-28-24(39)26(21(36)17(9-31)43-28)45-27-23(38)22(37)19(34)16(8-30)42-27/h3-5,12,15-31,33-39H,6-9H2,1-2H3/t12-,15-,16-,17-,18-,19-,20+,21-,22+,23-,24-,25+,26+,27+,28+/m1/s1. The maximum absolute atomic E-state index is 11.8. The zero-order chi connectivity index (χ0) is 33.2. The number of methoxy groups -OCH3 is 1. The van der Waals surface area contributed by atoms with Gasteiger partial charge in [-0.3, -0.25) is 4.79 Å². The number of Topliss-reactive ketones (excluding diaryl/α,β-unsaturated/α-hetero) is 1. The number of carbonyl (C=O) groups excluding carboxylic acids is 1. The van der Waals surface area contributed by atoms with Crippen molar-refractivity contribution in [1.82, 2.24) is 0 Å². The summed E-state index contributed by atoms with van der Waals surface area (Å²) in [7, 11) is 1.35. The molecule has 1 saturated carbocycles. The number of carbonyl (C=O) groups is 1. The molecule has 0 aromatic heterocycles. The molecule has 0 amide bonds. The van der Waals surface area contributed by atoms with E-state index in [1.807, 2.05) is 0 Å². The highest BCUT2D eigenvalue weighted by atomic mass is 16.7. The van der Waals surface area contributed by atoms with Crippen LogP contribution in [0.3, 0.4) is 0 Å².